The first-order valence-electron chi connectivity index (χ1n) is 16.7. The molecular formula is C34H51N7O3. The highest BCUT2D eigenvalue weighted by molar-refractivity contribution is 5.95. The van der Waals surface area contributed by atoms with Crippen LogP contribution in [0.25, 0.3) is 0 Å². The van der Waals surface area contributed by atoms with Crippen molar-refractivity contribution in [3.8, 4) is 11.5 Å². The van der Waals surface area contributed by atoms with E-state index in [0.717, 1.165) is 42.1 Å². The van der Waals surface area contributed by atoms with E-state index in [9.17, 15) is 4.79 Å². The van der Waals surface area contributed by atoms with Crippen molar-refractivity contribution in [3.05, 3.63) is 53.6 Å². The minimum atomic E-state index is -0.104. The van der Waals surface area contributed by atoms with E-state index in [1.807, 2.05) is 42.5 Å². The number of rotatable bonds is 7. The number of nitrogens with one attached hydrogen (secondary N) is 6. The molecule has 3 fully saturated rings. The number of fused-ring (bicyclic) bond motifs is 1. The summed E-state index contributed by atoms with van der Waals surface area (Å²) in [5.41, 5.74) is 9.70. The predicted octanol–water partition coefficient (Wildman–Crippen LogP) is 4.22. The van der Waals surface area contributed by atoms with Crippen LogP contribution in [0, 0.1) is 0 Å². The molecule has 44 heavy (non-hydrogen) atoms. The van der Waals surface area contributed by atoms with Gasteiger partial charge in [-0.1, -0.05) is 51.0 Å². The smallest absolute Gasteiger partial charge is 0.251 e. The topological polar surface area (TPSA) is 111 Å². The van der Waals surface area contributed by atoms with Gasteiger partial charge in [0.2, 0.25) is 0 Å². The van der Waals surface area contributed by atoms with E-state index in [1.54, 1.807) is 7.11 Å². The van der Waals surface area contributed by atoms with Gasteiger partial charge in [-0.15, -0.1) is 0 Å². The maximum Gasteiger partial charge on any atom is 0.251 e. The van der Waals surface area contributed by atoms with Gasteiger partial charge in [0.15, 0.2) is 0 Å². The molecule has 4 aliphatic rings. The normalized spacial score (nSPS) is 27.6. The highest BCUT2D eigenvalue weighted by Gasteiger charge is 2.42. The summed E-state index contributed by atoms with van der Waals surface area (Å²) in [6, 6.07) is 13.8. The van der Waals surface area contributed by atoms with Crippen LogP contribution in [0.2, 0.25) is 0 Å². The van der Waals surface area contributed by atoms with E-state index in [-0.39, 0.29) is 29.9 Å². The Morgan fingerprint density at radius 2 is 1.82 bits per heavy atom. The van der Waals surface area contributed by atoms with Crippen LogP contribution in [0.15, 0.2) is 42.5 Å². The highest BCUT2D eigenvalue weighted by Crippen LogP contribution is 2.35. The van der Waals surface area contributed by atoms with Gasteiger partial charge < -0.3 is 20.1 Å². The zero-order valence-corrected chi connectivity index (χ0v) is 26.4. The number of hydrazine groups is 1. The number of nitrogens with zero attached hydrogens (tertiary/aromatic N) is 1. The van der Waals surface area contributed by atoms with Crippen molar-refractivity contribution in [2.24, 2.45) is 0 Å². The molecule has 0 bridgehead atoms. The Balaban J connectivity index is 1.03. The Kier molecular flexibility index (Phi) is 10.2. The molecule has 3 unspecified atom stereocenters. The lowest BCUT2D eigenvalue weighted by atomic mass is 9.88. The van der Waals surface area contributed by atoms with E-state index < -0.39 is 0 Å². The minimum Gasteiger partial charge on any atom is -0.497 e. The predicted molar refractivity (Wildman–Crippen MR) is 174 cm³/mol. The molecule has 3 heterocycles. The van der Waals surface area contributed by atoms with E-state index in [1.165, 1.54) is 57.8 Å². The Morgan fingerprint density at radius 3 is 2.61 bits per heavy atom. The maximum absolute atomic E-state index is 13.3. The van der Waals surface area contributed by atoms with Crippen molar-refractivity contribution < 1.29 is 14.3 Å². The Labute approximate surface area is 262 Å². The second kappa shape index (κ2) is 14.5. The summed E-state index contributed by atoms with van der Waals surface area (Å²) in [5, 5.41) is 14.7. The molecule has 1 amide bonds. The number of anilines is 1. The number of carbonyl (C=O) groups is 1. The fraction of sp³-hybridized carbons (Fsp3) is 0.618. The van der Waals surface area contributed by atoms with E-state index in [0.29, 0.717) is 24.8 Å². The summed E-state index contributed by atoms with van der Waals surface area (Å²) in [5.74, 6) is 1.42. The number of carbonyl (C=O) groups excluding carboxylic acids is 1. The van der Waals surface area contributed by atoms with E-state index >= 15 is 0 Å². The first-order chi connectivity index (χ1) is 21.5. The molecule has 1 saturated carbocycles. The lowest BCUT2D eigenvalue weighted by molar-refractivity contribution is 0.0903. The second-order valence-corrected chi connectivity index (χ2v) is 13.0. The number of methoxy groups -OCH3 is 1. The van der Waals surface area contributed by atoms with Crippen molar-refractivity contribution in [3.63, 3.8) is 0 Å². The molecule has 4 atom stereocenters. The van der Waals surface area contributed by atoms with Gasteiger partial charge in [0, 0.05) is 41.9 Å². The average Bonchev–Trinajstić information content (AvgIpc) is 3.43. The quantitative estimate of drug-likeness (QED) is 0.276. The first-order valence-corrected chi connectivity index (χ1v) is 16.7. The Hall–Kier alpha value is -2.89. The standard InChI is InChI=1S/C34H51N7O3/c1-41-31(39-40-32(41)29-15-19-36-34(38-29)17-8-6-4-3-5-7-9-18-34)23-35-25-12-10-11-24(21-25)33(42)37-28-16-20-44-30-22-26(43-2)13-14-27(28)30/h10-14,21-22,28-29,31-32,35-36,38-40H,3-9,15-20,23H2,1-2H3,(H,37,42)/t28-,29?,31?,32?/m1/s1. The lowest BCUT2D eigenvalue weighted by Crippen LogP contribution is -2.69. The third kappa shape index (κ3) is 7.32. The molecule has 0 radical (unpaired) electrons. The molecule has 2 saturated heterocycles. The third-order valence-electron chi connectivity index (χ3n) is 9.99. The van der Waals surface area contributed by atoms with Gasteiger partial charge in [-0.25, -0.2) is 10.9 Å². The number of amides is 1. The van der Waals surface area contributed by atoms with Crippen LogP contribution in [-0.2, 0) is 0 Å². The fourth-order valence-corrected chi connectivity index (χ4v) is 7.40. The number of hydrogen-bond acceptors (Lipinski definition) is 9. The summed E-state index contributed by atoms with van der Waals surface area (Å²) in [6.45, 7) is 2.31. The zero-order chi connectivity index (χ0) is 30.4. The molecule has 6 rings (SSSR count). The molecular weight excluding hydrogens is 554 g/mol. The van der Waals surface area contributed by atoms with Gasteiger partial charge in [-0.2, -0.15) is 0 Å². The van der Waals surface area contributed by atoms with Gasteiger partial charge in [0.1, 0.15) is 11.5 Å². The van der Waals surface area contributed by atoms with Crippen molar-refractivity contribution in [1.29, 1.82) is 0 Å². The first kappa shape index (κ1) is 31.1. The summed E-state index contributed by atoms with van der Waals surface area (Å²) in [6.07, 6.45) is 14.0. The van der Waals surface area contributed by atoms with E-state index in [2.05, 4.69) is 44.1 Å². The molecule has 2 aromatic rings. The minimum absolute atomic E-state index is 0.0553. The van der Waals surface area contributed by atoms with Crippen molar-refractivity contribution >= 4 is 11.6 Å². The fourth-order valence-electron chi connectivity index (χ4n) is 7.40. The van der Waals surface area contributed by atoms with Crippen molar-refractivity contribution in [1.82, 2.24) is 31.7 Å². The SMILES string of the molecule is COc1ccc2c(c1)OCC[C@H]2NC(=O)c1cccc(NCC2NNC(C3CCNC4(CCCCCCCCC4)N3)N2C)c1. The van der Waals surface area contributed by atoms with Crippen LogP contribution in [0.3, 0.4) is 0 Å². The molecule has 240 valence electrons. The van der Waals surface area contributed by atoms with Crippen LogP contribution in [0.1, 0.15) is 92.6 Å². The molecule has 10 nitrogen and oxygen atoms in total. The van der Waals surface area contributed by atoms with Crippen LogP contribution in [0.4, 0.5) is 5.69 Å². The van der Waals surface area contributed by atoms with Gasteiger partial charge in [0.25, 0.3) is 5.91 Å². The monoisotopic (exact) mass is 605 g/mol. The maximum atomic E-state index is 13.3. The van der Waals surface area contributed by atoms with Crippen molar-refractivity contribution in [2.45, 2.75) is 101 Å². The molecule has 1 aliphatic carbocycles. The molecule has 1 spiro atoms. The number of ether oxygens (including phenoxy) is 2. The molecule has 6 N–H and O–H groups in total. The Morgan fingerprint density at radius 1 is 1.02 bits per heavy atom. The Bertz CT molecular complexity index is 1250. The van der Waals surface area contributed by atoms with Gasteiger partial charge >= 0.3 is 0 Å². The zero-order valence-electron chi connectivity index (χ0n) is 26.4. The molecule has 10 heteroatoms. The van der Waals surface area contributed by atoms with Crippen LogP contribution in [-0.4, -0.2) is 68.7 Å². The highest BCUT2D eigenvalue weighted by atomic mass is 16.5. The second-order valence-electron chi connectivity index (χ2n) is 13.0. The third-order valence-corrected chi connectivity index (χ3v) is 9.99. The summed E-state index contributed by atoms with van der Waals surface area (Å²) >= 11 is 0. The number of likely N-dealkylation sites (N-methyl/N-ethyl adjacent to an activating group) is 1. The lowest BCUT2D eigenvalue weighted by Gasteiger charge is -2.46. The summed E-state index contributed by atoms with van der Waals surface area (Å²) in [4.78, 5) is 15.7. The van der Waals surface area contributed by atoms with Gasteiger partial charge in [0.05, 0.1) is 37.8 Å². The summed E-state index contributed by atoms with van der Waals surface area (Å²) < 4.78 is 11.2. The van der Waals surface area contributed by atoms with Crippen LogP contribution < -0.4 is 41.6 Å². The number of hydrogen-bond donors (Lipinski definition) is 6. The summed E-state index contributed by atoms with van der Waals surface area (Å²) in [7, 11) is 3.83. The molecule has 2 aromatic carbocycles. The van der Waals surface area contributed by atoms with Crippen LogP contribution in [0.5, 0.6) is 11.5 Å². The largest absolute Gasteiger partial charge is 0.497 e. The average molecular weight is 606 g/mol. The van der Waals surface area contributed by atoms with E-state index in [4.69, 9.17) is 9.47 Å². The molecule has 3 aliphatic heterocycles. The van der Waals surface area contributed by atoms with Gasteiger partial charge in [-0.05, 0) is 63.2 Å². The van der Waals surface area contributed by atoms with Crippen molar-refractivity contribution in [2.75, 3.05) is 39.2 Å². The van der Waals surface area contributed by atoms with Gasteiger partial charge in [-0.3, -0.25) is 20.3 Å². The van der Waals surface area contributed by atoms with Crippen LogP contribution >= 0.6 is 0 Å². The molecule has 0 aromatic heterocycles. The number of benzene rings is 2.